The molecule has 1 heterocycles. The van der Waals surface area contributed by atoms with Gasteiger partial charge >= 0.3 is 0 Å². The molecule has 0 radical (unpaired) electrons. The Bertz CT molecular complexity index is 709. The highest BCUT2D eigenvalue weighted by atomic mass is 16.5. The van der Waals surface area contributed by atoms with E-state index < -0.39 is 0 Å². The summed E-state index contributed by atoms with van der Waals surface area (Å²) in [6.45, 7) is 6.09. The lowest BCUT2D eigenvalue weighted by molar-refractivity contribution is 0.0635. The van der Waals surface area contributed by atoms with E-state index in [1.54, 1.807) is 0 Å². The Morgan fingerprint density at radius 2 is 1.65 bits per heavy atom. The van der Waals surface area contributed by atoms with Crippen molar-refractivity contribution in [3.8, 4) is 11.5 Å². The fraction of sp³-hybridized carbons (Fsp3) is 0.409. The zero-order valence-corrected chi connectivity index (χ0v) is 15.6. The number of hydrogen-bond acceptors (Lipinski definition) is 3. The van der Waals surface area contributed by atoms with Gasteiger partial charge in [0.2, 0.25) is 0 Å². The van der Waals surface area contributed by atoms with Gasteiger partial charge in [-0.05, 0) is 75.1 Å². The van der Waals surface area contributed by atoms with Gasteiger partial charge in [-0.25, -0.2) is 0 Å². The van der Waals surface area contributed by atoms with Crippen LogP contribution in [0.5, 0.6) is 11.5 Å². The van der Waals surface area contributed by atoms with Crippen LogP contribution in [0.4, 0.5) is 0 Å². The number of piperidine rings is 1. The Labute approximate surface area is 155 Å². The number of amides is 1. The molecular weight excluding hydrogens is 326 g/mol. The molecule has 3 rings (SSSR count). The van der Waals surface area contributed by atoms with Crippen LogP contribution in [0.1, 0.15) is 49.0 Å². The molecule has 0 aliphatic carbocycles. The number of carbonyl (C=O) groups excluding carboxylic acids is 1. The Balaban J connectivity index is 1.56. The lowest BCUT2D eigenvalue weighted by Gasteiger charge is -2.33. The number of benzene rings is 2. The summed E-state index contributed by atoms with van der Waals surface area (Å²) >= 11 is 0. The molecule has 0 spiro atoms. The molecule has 0 saturated carbocycles. The smallest absolute Gasteiger partial charge is 0.254 e. The highest BCUT2D eigenvalue weighted by molar-refractivity contribution is 5.94. The SMILES string of the molecule is CCOc1ccc(OCc2ccc(C(=O)N3CCCCC3C)cc2)cc1. The van der Waals surface area contributed by atoms with Gasteiger partial charge < -0.3 is 14.4 Å². The average Bonchev–Trinajstić information content (AvgIpc) is 2.68. The van der Waals surface area contributed by atoms with E-state index in [9.17, 15) is 4.79 Å². The molecule has 26 heavy (non-hydrogen) atoms. The molecule has 1 saturated heterocycles. The fourth-order valence-electron chi connectivity index (χ4n) is 3.27. The van der Waals surface area contributed by atoms with Crippen LogP contribution < -0.4 is 9.47 Å². The quantitative estimate of drug-likeness (QED) is 0.757. The van der Waals surface area contributed by atoms with Crippen molar-refractivity contribution in [1.82, 2.24) is 4.90 Å². The lowest BCUT2D eigenvalue weighted by Crippen LogP contribution is -2.42. The van der Waals surface area contributed by atoms with E-state index >= 15 is 0 Å². The first-order valence-electron chi connectivity index (χ1n) is 9.43. The summed E-state index contributed by atoms with van der Waals surface area (Å²) in [7, 11) is 0. The number of likely N-dealkylation sites (tertiary alicyclic amines) is 1. The van der Waals surface area contributed by atoms with Crippen LogP contribution in [0.25, 0.3) is 0 Å². The minimum absolute atomic E-state index is 0.135. The second-order valence-corrected chi connectivity index (χ2v) is 6.73. The molecule has 1 atom stereocenters. The molecule has 1 aliphatic heterocycles. The Morgan fingerprint density at radius 3 is 2.27 bits per heavy atom. The van der Waals surface area contributed by atoms with Gasteiger partial charge in [-0.2, -0.15) is 0 Å². The van der Waals surface area contributed by atoms with E-state index in [1.165, 1.54) is 6.42 Å². The predicted molar refractivity (Wildman–Crippen MR) is 103 cm³/mol. The summed E-state index contributed by atoms with van der Waals surface area (Å²) in [4.78, 5) is 14.7. The molecule has 2 aromatic carbocycles. The van der Waals surface area contributed by atoms with Crippen molar-refractivity contribution in [3.63, 3.8) is 0 Å². The first-order valence-corrected chi connectivity index (χ1v) is 9.43. The molecule has 2 aromatic rings. The van der Waals surface area contributed by atoms with Gasteiger partial charge in [0, 0.05) is 18.2 Å². The summed E-state index contributed by atoms with van der Waals surface area (Å²) in [6.07, 6.45) is 3.41. The van der Waals surface area contributed by atoms with E-state index in [2.05, 4.69) is 6.92 Å². The highest BCUT2D eigenvalue weighted by Crippen LogP contribution is 2.21. The standard InChI is InChI=1S/C22H27NO3/c1-3-25-20-11-13-21(14-12-20)26-16-18-7-9-19(10-8-18)22(24)23-15-5-4-6-17(23)2/h7-14,17H,3-6,15-16H2,1-2H3. The Morgan fingerprint density at radius 1 is 1.00 bits per heavy atom. The monoisotopic (exact) mass is 353 g/mol. The molecule has 0 bridgehead atoms. The molecule has 0 N–H and O–H groups in total. The molecular formula is C22H27NO3. The molecule has 4 nitrogen and oxygen atoms in total. The van der Waals surface area contributed by atoms with Crippen molar-refractivity contribution < 1.29 is 14.3 Å². The number of carbonyl (C=O) groups is 1. The maximum Gasteiger partial charge on any atom is 0.254 e. The fourth-order valence-corrected chi connectivity index (χ4v) is 3.27. The largest absolute Gasteiger partial charge is 0.494 e. The Kier molecular flexibility index (Phi) is 6.16. The van der Waals surface area contributed by atoms with Crippen molar-refractivity contribution in [1.29, 1.82) is 0 Å². The van der Waals surface area contributed by atoms with E-state index in [0.29, 0.717) is 19.3 Å². The lowest BCUT2D eigenvalue weighted by atomic mass is 10.0. The van der Waals surface area contributed by atoms with Crippen molar-refractivity contribution in [3.05, 3.63) is 59.7 Å². The minimum Gasteiger partial charge on any atom is -0.494 e. The third-order valence-electron chi connectivity index (χ3n) is 4.80. The maximum atomic E-state index is 12.7. The summed E-state index contributed by atoms with van der Waals surface area (Å²) in [6, 6.07) is 15.7. The van der Waals surface area contributed by atoms with Gasteiger partial charge in [-0.15, -0.1) is 0 Å². The van der Waals surface area contributed by atoms with Crippen molar-refractivity contribution in [2.45, 2.75) is 45.8 Å². The van der Waals surface area contributed by atoms with Gasteiger partial charge in [0.1, 0.15) is 18.1 Å². The number of ether oxygens (including phenoxy) is 2. The molecule has 4 heteroatoms. The normalized spacial score (nSPS) is 17.0. The Hall–Kier alpha value is -2.49. The third-order valence-corrected chi connectivity index (χ3v) is 4.80. The summed E-state index contributed by atoms with van der Waals surface area (Å²) < 4.78 is 11.2. The van der Waals surface area contributed by atoms with Crippen LogP contribution in [0.2, 0.25) is 0 Å². The van der Waals surface area contributed by atoms with Crippen molar-refractivity contribution in [2.24, 2.45) is 0 Å². The highest BCUT2D eigenvalue weighted by Gasteiger charge is 2.23. The maximum absolute atomic E-state index is 12.7. The topological polar surface area (TPSA) is 38.8 Å². The van der Waals surface area contributed by atoms with Crippen LogP contribution in [-0.4, -0.2) is 30.0 Å². The van der Waals surface area contributed by atoms with Crippen LogP contribution in [0.15, 0.2) is 48.5 Å². The summed E-state index contributed by atoms with van der Waals surface area (Å²) in [5.74, 6) is 1.78. The van der Waals surface area contributed by atoms with E-state index in [0.717, 1.165) is 42.0 Å². The first-order chi connectivity index (χ1) is 12.7. The van der Waals surface area contributed by atoms with Gasteiger partial charge in [-0.3, -0.25) is 4.79 Å². The first kappa shape index (κ1) is 18.3. The predicted octanol–water partition coefficient (Wildman–Crippen LogP) is 4.68. The van der Waals surface area contributed by atoms with Crippen LogP contribution in [-0.2, 0) is 6.61 Å². The average molecular weight is 353 g/mol. The number of hydrogen-bond donors (Lipinski definition) is 0. The van der Waals surface area contributed by atoms with Gasteiger partial charge in [0.05, 0.1) is 6.61 Å². The van der Waals surface area contributed by atoms with Crippen molar-refractivity contribution in [2.75, 3.05) is 13.2 Å². The molecule has 1 fully saturated rings. The summed E-state index contributed by atoms with van der Waals surface area (Å²) in [5, 5.41) is 0. The zero-order chi connectivity index (χ0) is 18.4. The molecule has 1 amide bonds. The van der Waals surface area contributed by atoms with Gasteiger partial charge in [0.25, 0.3) is 5.91 Å². The minimum atomic E-state index is 0.135. The second-order valence-electron chi connectivity index (χ2n) is 6.73. The van der Waals surface area contributed by atoms with E-state index in [-0.39, 0.29) is 5.91 Å². The van der Waals surface area contributed by atoms with Crippen LogP contribution >= 0.6 is 0 Å². The van der Waals surface area contributed by atoms with Crippen LogP contribution in [0, 0.1) is 0 Å². The van der Waals surface area contributed by atoms with Crippen molar-refractivity contribution >= 4 is 5.91 Å². The second kappa shape index (κ2) is 8.75. The van der Waals surface area contributed by atoms with Gasteiger partial charge in [0.15, 0.2) is 0 Å². The molecule has 1 aliphatic rings. The molecule has 138 valence electrons. The van der Waals surface area contributed by atoms with E-state index in [4.69, 9.17) is 9.47 Å². The van der Waals surface area contributed by atoms with Gasteiger partial charge in [-0.1, -0.05) is 12.1 Å². The third kappa shape index (κ3) is 4.57. The summed E-state index contributed by atoms with van der Waals surface area (Å²) in [5.41, 5.74) is 1.80. The van der Waals surface area contributed by atoms with E-state index in [1.807, 2.05) is 60.4 Å². The molecule has 1 unspecified atom stereocenters. The molecule has 0 aromatic heterocycles. The number of nitrogens with zero attached hydrogens (tertiary/aromatic N) is 1. The van der Waals surface area contributed by atoms with Crippen LogP contribution in [0.3, 0.4) is 0 Å². The zero-order valence-electron chi connectivity index (χ0n) is 15.6. The number of rotatable bonds is 6.